The highest BCUT2D eigenvalue weighted by Gasteiger charge is 2.27. The van der Waals surface area contributed by atoms with Gasteiger partial charge in [-0.25, -0.2) is 9.59 Å². The number of carbonyl (C=O) groups excluding carboxylic acids is 1. The molecule has 1 saturated heterocycles. The minimum atomic E-state index is -0.539. The molecule has 1 atom stereocenters. The predicted octanol–water partition coefficient (Wildman–Crippen LogP) is 3.09. The van der Waals surface area contributed by atoms with Gasteiger partial charge in [-0.3, -0.25) is 0 Å². The molecule has 0 aliphatic carbocycles. The summed E-state index contributed by atoms with van der Waals surface area (Å²) in [5, 5.41) is 10.8. The number of esters is 1. The number of hydrogen-bond acceptors (Lipinski definition) is 6. The van der Waals surface area contributed by atoms with Gasteiger partial charge in [0.25, 0.3) is 0 Å². The smallest absolute Gasteiger partial charge is 0.336 e. The lowest BCUT2D eigenvalue weighted by atomic mass is 10.1. The second kappa shape index (κ2) is 6.84. The molecule has 0 saturated carbocycles. The van der Waals surface area contributed by atoms with Crippen LogP contribution in [-0.4, -0.2) is 23.8 Å². The fraction of sp³-hybridized carbons (Fsp3) is 0.263. The number of phenols is 1. The predicted molar refractivity (Wildman–Crippen MR) is 91.7 cm³/mol. The largest absolute Gasteiger partial charge is 0.502 e. The second-order valence-corrected chi connectivity index (χ2v) is 5.99. The maximum absolute atomic E-state index is 11.3. The van der Waals surface area contributed by atoms with E-state index in [0.717, 1.165) is 5.57 Å². The van der Waals surface area contributed by atoms with E-state index in [2.05, 4.69) is 6.58 Å². The Labute approximate surface area is 144 Å². The van der Waals surface area contributed by atoms with Gasteiger partial charge in [0.05, 0.1) is 0 Å². The normalized spacial score (nSPS) is 17.8. The number of benzene rings is 1. The molecule has 0 bridgehead atoms. The molecule has 1 N–H and O–H groups in total. The summed E-state index contributed by atoms with van der Waals surface area (Å²) in [7, 11) is 0. The molecule has 2 heterocycles. The van der Waals surface area contributed by atoms with Crippen molar-refractivity contribution in [3.63, 3.8) is 0 Å². The van der Waals surface area contributed by atoms with Crippen LogP contribution in [0.25, 0.3) is 11.0 Å². The zero-order chi connectivity index (χ0) is 18.0. The van der Waals surface area contributed by atoms with Crippen LogP contribution in [-0.2, 0) is 9.53 Å². The number of phenolic OH excluding ortho intramolecular Hbond substituents is 1. The molecule has 1 aliphatic heterocycles. The van der Waals surface area contributed by atoms with Gasteiger partial charge in [-0.15, -0.1) is 0 Å². The van der Waals surface area contributed by atoms with E-state index < -0.39 is 5.63 Å². The van der Waals surface area contributed by atoms with Crippen molar-refractivity contribution in [3.8, 4) is 11.5 Å². The van der Waals surface area contributed by atoms with Gasteiger partial charge in [-0.05, 0) is 31.2 Å². The molecule has 6 nitrogen and oxygen atoms in total. The molecular weight excluding hydrogens is 324 g/mol. The Morgan fingerprint density at radius 1 is 1.36 bits per heavy atom. The molecule has 0 radical (unpaired) electrons. The maximum Gasteiger partial charge on any atom is 0.336 e. The Kier molecular flexibility index (Phi) is 4.61. The van der Waals surface area contributed by atoms with E-state index in [1.807, 2.05) is 13.0 Å². The third-order valence-corrected chi connectivity index (χ3v) is 3.98. The lowest BCUT2D eigenvalue weighted by Gasteiger charge is -2.10. The number of fused-ring (bicyclic) bond motifs is 1. The zero-order valence-electron chi connectivity index (χ0n) is 13.8. The summed E-state index contributed by atoms with van der Waals surface area (Å²) in [4.78, 5) is 22.6. The number of cyclic esters (lactones) is 1. The summed E-state index contributed by atoms with van der Waals surface area (Å²) in [6.45, 7) is 5.80. The molecule has 0 spiro atoms. The van der Waals surface area contributed by atoms with E-state index in [9.17, 15) is 14.7 Å². The van der Waals surface area contributed by atoms with Crippen LogP contribution in [0.4, 0.5) is 0 Å². The molecule has 2 aromatic rings. The van der Waals surface area contributed by atoms with Crippen molar-refractivity contribution in [1.29, 1.82) is 0 Å². The van der Waals surface area contributed by atoms with Crippen molar-refractivity contribution >= 4 is 16.9 Å². The molecule has 0 amide bonds. The summed E-state index contributed by atoms with van der Waals surface area (Å²) in [6.07, 6.45) is 2.81. The molecule has 3 rings (SSSR count). The monoisotopic (exact) mass is 342 g/mol. The van der Waals surface area contributed by atoms with E-state index in [1.165, 1.54) is 6.07 Å². The highest BCUT2D eigenvalue weighted by Crippen LogP contribution is 2.33. The van der Waals surface area contributed by atoms with Crippen LogP contribution in [0.2, 0.25) is 0 Å². The van der Waals surface area contributed by atoms with Gasteiger partial charge < -0.3 is 19.0 Å². The van der Waals surface area contributed by atoms with Gasteiger partial charge in [0.2, 0.25) is 5.75 Å². The molecule has 1 aliphatic rings. The molecule has 130 valence electrons. The van der Waals surface area contributed by atoms with Crippen LogP contribution >= 0.6 is 0 Å². The number of hydrogen-bond donors (Lipinski definition) is 1. The van der Waals surface area contributed by atoms with E-state index in [4.69, 9.17) is 13.9 Å². The van der Waals surface area contributed by atoms with Gasteiger partial charge in [0, 0.05) is 29.9 Å². The number of carbonyl (C=O) groups is 1. The highest BCUT2D eigenvalue weighted by atomic mass is 16.5. The molecular formula is C19H18O6. The fourth-order valence-corrected chi connectivity index (χ4v) is 2.68. The quantitative estimate of drug-likeness (QED) is 0.389. The standard InChI is InChI=1S/C19H18O6/c1-11(9-14-10-12(2)19(22)24-14)7-8-23-15-5-3-13-4-6-16(20)25-18(13)17(15)21/h3-7,14,21H,2,8-10H2,1H3/t14-/m0/s1. The van der Waals surface area contributed by atoms with Crippen LogP contribution < -0.4 is 10.4 Å². The molecule has 0 unspecified atom stereocenters. The van der Waals surface area contributed by atoms with Crippen LogP contribution in [0.15, 0.2) is 57.3 Å². The van der Waals surface area contributed by atoms with E-state index in [-0.39, 0.29) is 35.8 Å². The first-order valence-corrected chi connectivity index (χ1v) is 7.87. The Morgan fingerprint density at radius 3 is 2.84 bits per heavy atom. The first kappa shape index (κ1) is 16.8. The Morgan fingerprint density at radius 2 is 2.12 bits per heavy atom. The summed E-state index contributed by atoms with van der Waals surface area (Å²) >= 11 is 0. The third-order valence-electron chi connectivity index (χ3n) is 3.98. The minimum absolute atomic E-state index is 0.0991. The first-order valence-electron chi connectivity index (χ1n) is 7.87. The summed E-state index contributed by atoms with van der Waals surface area (Å²) in [5.74, 6) is -0.314. The average molecular weight is 342 g/mol. The van der Waals surface area contributed by atoms with Crippen LogP contribution in [0.3, 0.4) is 0 Å². The summed E-state index contributed by atoms with van der Waals surface area (Å²) in [5.41, 5.74) is 1.06. The van der Waals surface area contributed by atoms with E-state index >= 15 is 0 Å². The number of rotatable bonds is 5. The Hall–Kier alpha value is -3.02. The first-order chi connectivity index (χ1) is 11.9. The van der Waals surface area contributed by atoms with Crippen LogP contribution in [0.1, 0.15) is 19.8 Å². The van der Waals surface area contributed by atoms with E-state index in [0.29, 0.717) is 23.8 Å². The average Bonchev–Trinajstić information content (AvgIpc) is 2.87. The zero-order valence-corrected chi connectivity index (χ0v) is 13.8. The van der Waals surface area contributed by atoms with Gasteiger partial charge in [-0.2, -0.15) is 0 Å². The van der Waals surface area contributed by atoms with E-state index in [1.54, 1.807) is 18.2 Å². The minimum Gasteiger partial charge on any atom is -0.502 e. The van der Waals surface area contributed by atoms with Crippen LogP contribution in [0, 0.1) is 0 Å². The summed E-state index contributed by atoms with van der Waals surface area (Å²) < 4.78 is 15.7. The van der Waals surface area contributed by atoms with Crippen molar-refractivity contribution in [3.05, 3.63) is 58.5 Å². The molecule has 1 aromatic carbocycles. The third kappa shape index (κ3) is 3.74. The van der Waals surface area contributed by atoms with Crippen LogP contribution in [0.5, 0.6) is 11.5 Å². The van der Waals surface area contributed by atoms with Gasteiger partial charge in [0.1, 0.15) is 12.7 Å². The number of aromatic hydroxyl groups is 1. The van der Waals surface area contributed by atoms with Crippen molar-refractivity contribution in [2.24, 2.45) is 0 Å². The highest BCUT2D eigenvalue weighted by molar-refractivity contribution is 5.90. The molecule has 25 heavy (non-hydrogen) atoms. The lowest BCUT2D eigenvalue weighted by Crippen LogP contribution is -2.07. The lowest BCUT2D eigenvalue weighted by molar-refractivity contribution is -0.138. The molecule has 1 fully saturated rings. The van der Waals surface area contributed by atoms with Crippen molar-refractivity contribution < 1.29 is 23.8 Å². The van der Waals surface area contributed by atoms with Crippen molar-refractivity contribution in [1.82, 2.24) is 0 Å². The summed E-state index contributed by atoms with van der Waals surface area (Å²) in [6, 6.07) is 6.18. The van der Waals surface area contributed by atoms with Crippen molar-refractivity contribution in [2.75, 3.05) is 6.61 Å². The van der Waals surface area contributed by atoms with Gasteiger partial charge in [0.15, 0.2) is 11.3 Å². The van der Waals surface area contributed by atoms with Gasteiger partial charge >= 0.3 is 11.6 Å². The topological polar surface area (TPSA) is 86.0 Å². The van der Waals surface area contributed by atoms with Crippen molar-refractivity contribution in [2.45, 2.75) is 25.9 Å². The Bertz CT molecular complexity index is 905. The maximum atomic E-state index is 11.3. The fourth-order valence-electron chi connectivity index (χ4n) is 2.68. The Balaban J connectivity index is 1.64. The van der Waals surface area contributed by atoms with Gasteiger partial charge in [-0.1, -0.05) is 12.2 Å². The molecule has 6 heteroatoms. The molecule has 1 aromatic heterocycles. The number of ether oxygens (including phenoxy) is 2. The second-order valence-electron chi connectivity index (χ2n) is 5.99. The SMILES string of the molecule is C=C1C[C@H](CC(C)=CCOc2ccc3ccc(=O)oc3c2O)OC1=O.